The number of anilines is 1. The van der Waals surface area contributed by atoms with Crippen molar-refractivity contribution >= 4 is 28.3 Å². The Bertz CT molecular complexity index is 527. The zero-order valence-corrected chi connectivity index (χ0v) is 13.8. The van der Waals surface area contributed by atoms with Crippen LogP contribution in [-0.4, -0.2) is 13.1 Å². The summed E-state index contributed by atoms with van der Waals surface area (Å²) >= 11 is 2.42. The first kappa shape index (κ1) is 13.9. The van der Waals surface area contributed by atoms with Gasteiger partial charge in [0, 0.05) is 23.2 Å². The van der Waals surface area contributed by atoms with Crippen molar-refractivity contribution in [2.45, 2.75) is 23.2 Å². The quantitative estimate of drug-likeness (QED) is 0.537. The molecule has 0 saturated carbocycles. The molecule has 1 fully saturated rings. The zero-order valence-electron chi connectivity index (χ0n) is 11.6. The summed E-state index contributed by atoms with van der Waals surface area (Å²) in [5, 5.41) is 0. The molecule has 104 valence electrons. The molecule has 1 aliphatic heterocycles. The molecule has 0 radical (unpaired) electrons. The van der Waals surface area contributed by atoms with Gasteiger partial charge >= 0.3 is 0 Å². The summed E-state index contributed by atoms with van der Waals surface area (Å²) in [5.74, 6) is 0.737. The van der Waals surface area contributed by atoms with Crippen molar-refractivity contribution in [1.82, 2.24) is 0 Å². The number of rotatable bonds is 3. The number of alkyl halides is 1. The second-order valence-electron chi connectivity index (χ2n) is 5.47. The van der Waals surface area contributed by atoms with E-state index in [9.17, 15) is 0 Å². The maximum atomic E-state index is 2.52. The van der Waals surface area contributed by atoms with Crippen LogP contribution in [0.15, 0.2) is 54.6 Å². The average molecular weight is 377 g/mol. The Morgan fingerprint density at radius 1 is 0.900 bits per heavy atom. The topological polar surface area (TPSA) is 3.24 Å². The Labute approximate surface area is 135 Å². The molecule has 1 heterocycles. The predicted molar refractivity (Wildman–Crippen MR) is 94.8 cm³/mol. The van der Waals surface area contributed by atoms with Gasteiger partial charge in [-0.15, -0.1) is 0 Å². The van der Waals surface area contributed by atoms with E-state index in [1.54, 1.807) is 0 Å². The summed E-state index contributed by atoms with van der Waals surface area (Å²) in [6, 6.07) is 20.0. The van der Waals surface area contributed by atoms with Crippen LogP contribution in [0.3, 0.4) is 0 Å². The maximum absolute atomic E-state index is 2.52. The highest BCUT2D eigenvalue weighted by atomic mass is 127. The molecule has 1 nitrogen and oxygen atoms in total. The first-order chi connectivity index (χ1) is 9.86. The van der Waals surface area contributed by atoms with Crippen molar-refractivity contribution in [3.63, 3.8) is 0 Å². The van der Waals surface area contributed by atoms with Crippen LogP contribution in [0.4, 0.5) is 5.69 Å². The Morgan fingerprint density at radius 2 is 1.55 bits per heavy atom. The van der Waals surface area contributed by atoms with E-state index in [4.69, 9.17) is 0 Å². The minimum atomic E-state index is 0.737. The smallest absolute Gasteiger partial charge is 0.0366 e. The van der Waals surface area contributed by atoms with Crippen molar-refractivity contribution < 1.29 is 0 Å². The van der Waals surface area contributed by atoms with Crippen molar-refractivity contribution in [3.8, 4) is 0 Å². The molecule has 20 heavy (non-hydrogen) atoms. The molecule has 2 aromatic carbocycles. The molecule has 0 amide bonds. The van der Waals surface area contributed by atoms with Gasteiger partial charge in [-0.1, -0.05) is 65.1 Å². The number of hydrogen-bond acceptors (Lipinski definition) is 1. The van der Waals surface area contributed by atoms with Crippen LogP contribution in [0, 0.1) is 0 Å². The second-order valence-corrected chi connectivity index (χ2v) is 6.23. The molecule has 0 atom stereocenters. The van der Waals surface area contributed by atoms with Gasteiger partial charge in [0.05, 0.1) is 0 Å². The summed E-state index contributed by atoms with van der Waals surface area (Å²) in [6.07, 6.45) is 2.52. The highest BCUT2D eigenvalue weighted by molar-refractivity contribution is 14.1. The molecule has 0 unspecified atom stereocenters. The van der Waals surface area contributed by atoms with Gasteiger partial charge in [0.1, 0.15) is 0 Å². The highest BCUT2D eigenvalue weighted by Gasteiger charge is 2.20. The summed E-state index contributed by atoms with van der Waals surface area (Å²) < 4.78 is 1.09. The molecule has 2 aromatic rings. The van der Waals surface area contributed by atoms with Gasteiger partial charge in [-0.25, -0.2) is 0 Å². The predicted octanol–water partition coefficient (Wildman–Crippen LogP) is 5.01. The fraction of sp³-hybridized carbons (Fsp3) is 0.333. The van der Waals surface area contributed by atoms with E-state index in [-0.39, 0.29) is 0 Å². The lowest BCUT2D eigenvalue weighted by atomic mass is 9.89. The van der Waals surface area contributed by atoms with Gasteiger partial charge in [0.15, 0.2) is 0 Å². The van der Waals surface area contributed by atoms with Crippen LogP contribution >= 0.6 is 22.6 Å². The van der Waals surface area contributed by atoms with E-state index in [2.05, 4.69) is 82.1 Å². The highest BCUT2D eigenvalue weighted by Crippen LogP contribution is 2.30. The molecule has 0 spiro atoms. The first-order valence-corrected chi connectivity index (χ1v) is 8.84. The van der Waals surface area contributed by atoms with E-state index < -0.39 is 0 Å². The number of hydrogen-bond donors (Lipinski definition) is 0. The number of benzene rings is 2. The van der Waals surface area contributed by atoms with Crippen LogP contribution in [0.1, 0.15) is 29.9 Å². The summed E-state index contributed by atoms with van der Waals surface area (Å²) in [5.41, 5.74) is 4.30. The molecule has 2 heteroatoms. The third-order valence-electron chi connectivity index (χ3n) is 4.22. The van der Waals surface area contributed by atoms with E-state index in [0.717, 1.165) is 10.3 Å². The minimum Gasteiger partial charge on any atom is -0.371 e. The van der Waals surface area contributed by atoms with Crippen molar-refractivity contribution in [1.29, 1.82) is 0 Å². The fourth-order valence-electron chi connectivity index (χ4n) is 2.99. The minimum absolute atomic E-state index is 0.737. The van der Waals surface area contributed by atoms with Crippen LogP contribution in [0.2, 0.25) is 0 Å². The Morgan fingerprint density at radius 3 is 2.15 bits per heavy atom. The van der Waals surface area contributed by atoms with Gasteiger partial charge in [0.2, 0.25) is 0 Å². The normalized spacial score (nSPS) is 16.4. The first-order valence-electron chi connectivity index (χ1n) is 7.31. The maximum Gasteiger partial charge on any atom is 0.0366 e. The Balaban J connectivity index is 1.63. The molecule has 1 saturated heterocycles. The largest absolute Gasteiger partial charge is 0.371 e. The summed E-state index contributed by atoms with van der Waals surface area (Å²) in [6.45, 7) is 2.34. The van der Waals surface area contributed by atoms with Gasteiger partial charge in [-0.3, -0.25) is 0 Å². The zero-order chi connectivity index (χ0) is 13.8. The SMILES string of the molecule is ICc1ccc(N2CCC(c3ccccc3)CC2)cc1. The summed E-state index contributed by atoms with van der Waals surface area (Å²) in [7, 11) is 0. The molecule has 0 N–H and O–H groups in total. The van der Waals surface area contributed by atoms with Gasteiger partial charge in [-0.05, 0) is 42.0 Å². The van der Waals surface area contributed by atoms with E-state index in [1.165, 1.54) is 42.7 Å². The van der Waals surface area contributed by atoms with Crippen LogP contribution in [0.5, 0.6) is 0 Å². The standard InChI is InChI=1S/C18H20IN/c19-14-15-6-8-18(9-7-15)20-12-10-17(11-13-20)16-4-2-1-3-5-16/h1-9,17H,10-14H2. The molecule has 0 aliphatic carbocycles. The monoisotopic (exact) mass is 377 g/mol. The van der Waals surface area contributed by atoms with Crippen LogP contribution in [0.25, 0.3) is 0 Å². The fourth-order valence-corrected chi connectivity index (χ4v) is 3.50. The van der Waals surface area contributed by atoms with Crippen molar-refractivity contribution in [2.24, 2.45) is 0 Å². The Kier molecular flexibility index (Phi) is 4.61. The van der Waals surface area contributed by atoms with Gasteiger partial charge in [-0.2, -0.15) is 0 Å². The van der Waals surface area contributed by atoms with Gasteiger partial charge < -0.3 is 4.90 Å². The molecule has 0 bridgehead atoms. The van der Waals surface area contributed by atoms with E-state index in [0.29, 0.717) is 0 Å². The van der Waals surface area contributed by atoms with Gasteiger partial charge in [0.25, 0.3) is 0 Å². The molecular formula is C18H20IN. The number of nitrogens with zero attached hydrogens (tertiary/aromatic N) is 1. The lowest BCUT2D eigenvalue weighted by Crippen LogP contribution is -2.32. The second kappa shape index (κ2) is 6.61. The molecule has 3 rings (SSSR count). The van der Waals surface area contributed by atoms with Crippen molar-refractivity contribution in [2.75, 3.05) is 18.0 Å². The third kappa shape index (κ3) is 3.17. The molecule has 1 aliphatic rings. The molecular weight excluding hydrogens is 357 g/mol. The lowest BCUT2D eigenvalue weighted by molar-refractivity contribution is 0.505. The molecule has 0 aromatic heterocycles. The number of halogens is 1. The average Bonchev–Trinajstić information content (AvgIpc) is 2.56. The van der Waals surface area contributed by atoms with Crippen molar-refractivity contribution in [3.05, 3.63) is 65.7 Å². The Hall–Kier alpha value is -1.03. The van der Waals surface area contributed by atoms with E-state index >= 15 is 0 Å². The van der Waals surface area contributed by atoms with E-state index in [1.807, 2.05) is 0 Å². The lowest BCUT2D eigenvalue weighted by Gasteiger charge is -2.34. The third-order valence-corrected chi connectivity index (χ3v) is 5.10. The van der Waals surface area contributed by atoms with Crippen LogP contribution in [-0.2, 0) is 4.43 Å². The summed E-state index contributed by atoms with van der Waals surface area (Å²) in [4.78, 5) is 2.52. The van der Waals surface area contributed by atoms with Crippen LogP contribution < -0.4 is 4.90 Å². The number of piperidine rings is 1.